The molecule has 0 radical (unpaired) electrons. The highest BCUT2D eigenvalue weighted by Gasteiger charge is 2.29. The van der Waals surface area contributed by atoms with Gasteiger partial charge >= 0.3 is 12.1 Å². The molecule has 4 N–H and O–H groups in total. The zero-order chi connectivity index (χ0) is 26.4. The van der Waals surface area contributed by atoms with E-state index < -0.39 is 27.6 Å². The summed E-state index contributed by atoms with van der Waals surface area (Å²) in [5.41, 5.74) is 5.38. The number of hydrogen-bond acceptors (Lipinski definition) is 6. The van der Waals surface area contributed by atoms with Crippen LogP contribution in [0.3, 0.4) is 0 Å². The second kappa shape index (κ2) is 9.64. The normalized spacial score (nSPS) is 19.6. The number of nitrogens with one attached hydrogen (secondary N) is 2. The molecule has 11 nitrogen and oxygen atoms in total. The molecule has 200 valence electrons. The van der Waals surface area contributed by atoms with Crippen LogP contribution >= 0.6 is 0 Å². The van der Waals surface area contributed by atoms with Crippen LogP contribution in [0.2, 0.25) is 0 Å². The van der Waals surface area contributed by atoms with Gasteiger partial charge in [0.15, 0.2) is 9.92 Å². The predicted octanol–water partition coefficient (Wildman–Crippen LogP) is 3.33. The Kier molecular flexibility index (Phi) is 6.65. The van der Waals surface area contributed by atoms with E-state index in [1.807, 2.05) is 6.07 Å². The summed E-state index contributed by atoms with van der Waals surface area (Å²) < 4.78 is 29.7. The number of benzene rings is 1. The molecule has 0 spiro atoms. The number of nitrogens with two attached hydrogens (primary N) is 1. The van der Waals surface area contributed by atoms with Crippen molar-refractivity contribution < 1.29 is 23.3 Å². The Morgan fingerprint density at radius 1 is 1.22 bits per heavy atom. The van der Waals surface area contributed by atoms with E-state index in [0.29, 0.717) is 13.1 Å². The van der Waals surface area contributed by atoms with Gasteiger partial charge in [0.2, 0.25) is 5.88 Å². The second-order valence-corrected chi connectivity index (χ2v) is 12.6. The van der Waals surface area contributed by atoms with Gasteiger partial charge < -0.3 is 20.1 Å². The molecule has 1 aliphatic heterocycles. The molecule has 12 heteroatoms. The molecule has 2 heterocycles. The average Bonchev–Trinajstić information content (AvgIpc) is 3.54. The van der Waals surface area contributed by atoms with Crippen molar-refractivity contribution in [1.29, 1.82) is 0 Å². The van der Waals surface area contributed by atoms with Crippen molar-refractivity contribution in [2.75, 3.05) is 18.5 Å². The van der Waals surface area contributed by atoms with Gasteiger partial charge in [-0.2, -0.15) is 5.10 Å². The Hall–Kier alpha value is -3.12. The largest absolute Gasteiger partial charge is 0.476 e. The topological polar surface area (TPSA) is 150 Å². The van der Waals surface area contributed by atoms with Crippen molar-refractivity contribution >= 4 is 27.7 Å². The molecular formula is C25H34N6O5S. The summed E-state index contributed by atoms with van der Waals surface area (Å²) in [6.45, 7) is 6.36. The van der Waals surface area contributed by atoms with Gasteiger partial charge in [-0.15, -0.1) is 4.36 Å². The number of anilines is 1. The van der Waals surface area contributed by atoms with Crippen molar-refractivity contribution in [3.05, 3.63) is 34.5 Å². The van der Waals surface area contributed by atoms with Crippen LogP contribution in [0, 0.1) is 5.92 Å². The number of fused-ring (bicyclic) bond motifs is 4. The third-order valence-corrected chi connectivity index (χ3v) is 8.19. The number of alkyl carbamates (subject to hydrolysis) is 1. The van der Waals surface area contributed by atoms with E-state index in [1.165, 1.54) is 27.6 Å². The lowest BCUT2D eigenvalue weighted by atomic mass is 9.98. The first kappa shape index (κ1) is 25.5. The van der Waals surface area contributed by atoms with Crippen LogP contribution in [0.5, 0.6) is 5.88 Å². The number of aryl methyl sites for hydroxylation is 1. The molecule has 0 saturated carbocycles. The molecule has 3 amide bonds. The van der Waals surface area contributed by atoms with E-state index in [0.717, 1.165) is 49.8 Å². The summed E-state index contributed by atoms with van der Waals surface area (Å²) in [6, 6.07) is 1.28. The zero-order valence-corrected chi connectivity index (χ0v) is 22.3. The van der Waals surface area contributed by atoms with Gasteiger partial charge in [-0.05, 0) is 87.6 Å². The minimum Gasteiger partial charge on any atom is -0.476 e. The average molecular weight is 531 g/mol. The van der Waals surface area contributed by atoms with Gasteiger partial charge in [0.05, 0.1) is 19.3 Å². The maximum Gasteiger partial charge on any atom is 0.407 e. The number of ether oxygens (including phenoxy) is 2. The van der Waals surface area contributed by atoms with Gasteiger partial charge in [0, 0.05) is 18.2 Å². The van der Waals surface area contributed by atoms with Crippen molar-refractivity contribution in [1.82, 2.24) is 15.1 Å². The first-order chi connectivity index (χ1) is 17.5. The van der Waals surface area contributed by atoms with Crippen LogP contribution in [-0.2, 0) is 46.9 Å². The predicted molar refractivity (Wildman–Crippen MR) is 138 cm³/mol. The lowest BCUT2D eigenvalue weighted by Gasteiger charge is -2.26. The van der Waals surface area contributed by atoms with E-state index >= 15 is 0 Å². The second-order valence-electron chi connectivity index (χ2n) is 10.9. The van der Waals surface area contributed by atoms with E-state index in [4.69, 9.17) is 14.6 Å². The third-order valence-electron chi connectivity index (χ3n) is 6.84. The van der Waals surface area contributed by atoms with Crippen LogP contribution in [0.1, 0.15) is 55.9 Å². The number of nitrogens with zero attached hydrogens (tertiary/aromatic N) is 3. The number of amides is 3. The Morgan fingerprint density at radius 2 is 1.95 bits per heavy atom. The molecular weight excluding hydrogens is 496 g/mol. The Labute approximate surface area is 216 Å². The summed E-state index contributed by atoms with van der Waals surface area (Å²) in [7, 11) is -3.60. The van der Waals surface area contributed by atoms with Crippen LogP contribution in [0.4, 0.5) is 15.3 Å². The minimum atomic E-state index is -3.60. The van der Waals surface area contributed by atoms with Gasteiger partial charge in [-0.1, -0.05) is 0 Å². The van der Waals surface area contributed by atoms with Gasteiger partial charge in [-0.3, -0.25) is 0 Å². The smallest absolute Gasteiger partial charge is 0.407 e. The Bertz CT molecular complexity index is 1370. The molecule has 2 aromatic rings. The first-order valence-electron chi connectivity index (χ1n) is 12.7. The molecule has 5 rings (SSSR count). The summed E-state index contributed by atoms with van der Waals surface area (Å²) in [5, 5.41) is 15.8. The van der Waals surface area contributed by atoms with Gasteiger partial charge in [0.1, 0.15) is 10.5 Å². The highest BCUT2D eigenvalue weighted by atomic mass is 32.2. The fraction of sp³-hybridized carbons (Fsp3) is 0.560. The van der Waals surface area contributed by atoms with Crippen molar-refractivity contribution in [3.63, 3.8) is 0 Å². The maximum absolute atomic E-state index is 13.3. The molecule has 2 atom stereocenters. The number of rotatable bonds is 4. The molecule has 0 bridgehead atoms. The molecule has 1 aromatic heterocycles. The van der Waals surface area contributed by atoms with Crippen LogP contribution in [-0.4, -0.2) is 44.9 Å². The van der Waals surface area contributed by atoms with E-state index in [1.54, 1.807) is 20.8 Å². The molecule has 1 aromatic carbocycles. The van der Waals surface area contributed by atoms with E-state index in [9.17, 15) is 13.8 Å². The number of aromatic nitrogens is 2. The van der Waals surface area contributed by atoms with Crippen LogP contribution in [0.15, 0.2) is 21.5 Å². The first-order valence-corrected chi connectivity index (χ1v) is 14.3. The molecule has 2 unspecified atom stereocenters. The minimum absolute atomic E-state index is 0.0698. The fourth-order valence-corrected chi connectivity index (χ4v) is 6.32. The van der Waals surface area contributed by atoms with Crippen molar-refractivity contribution in [3.8, 4) is 5.88 Å². The Balaban J connectivity index is 1.27. The highest BCUT2D eigenvalue weighted by molar-refractivity contribution is 7.91. The van der Waals surface area contributed by atoms with E-state index in [-0.39, 0.29) is 23.3 Å². The van der Waals surface area contributed by atoms with Gasteiger partial charge in [0.25, 0.3) is 0 Å². The van der Waals surface area contributed by atoms with Crippen molar-refractivity contribution in [2.45, 2.75) is 76.3 Å². The summed E-state index contributed by atoms with van der Waals surface area (Å²) in [4.78, 5) is 24.8. The van der Waals surface area contributed by atoms with Crippen molar-refractivity contribution in [2.24, 2.45) is 15.4 Å². The summed E-state index contributed by atoms with van der Waals surface area (Å²) >= 11 is 0. The fourth-order valence-electron chi connectivity index (χ4n) is 5.32. The van der Waals surface area contributed by atoms with E-state index in [2.05, 4.69) is 20.1 Å². The van der Waals surface area contributed by atoms with Crippen LogP contribution < -0.4 is 20.5 Å². The monoisotopic (exact) mass is 530 g/mol. The molecule has 37 heavy (non-hydrogen) atoms. The number of urea groups is 1. The number of carbonyl (C=O) groups is 2. The van der Waals surface area contributed by atoms with Gasteiger partial charge in [-0.25, -0.2) is 23.6 Å². The summed E-state index contributed by atoms with van der Waals surface area (Å²) in [5.74, 6) is 0.139. The zero-order valence-electron chi connectivity index (χ0n) is 21.5. The standard InChI is InChI=1S/C25H34N6O5S/c1-25(2,3)36-24(33)27-11-15-13-31-22(35-14-15)21(12-28-31)37(26,34)30-23(32)29-20-10-16-6-4-7-17(16)18-8-5-9-19(18)20/h10,12,15H,4-9,11,13-14H2,1-3H3,(H,27,33)(H3,26,29,30,32,34). The number of hydrogen-bond donors (Lipinski definition) is 3. The molecule has 3 aliphatic rings. The maximum atomic E-state index is 13.3. The highest BCUT2D eigenvalue weighted by Crippen LogP contribution is 2.38. The Morgan fingerprint density at radius 3 is 2.73 bits per heavy atom. The molecule has 0 fully saturated rings. The van der Waals surface area contributed by atoms with Crippen LogP contribution in [0.25, 0.3) is 0 Å². The molecule has 2 aliphatic carbocycles. The molecule has 0 saturated heterocycles. The third kappa shape index (κ3) is 5.45. The summed E-state index contributed by atoms with van der Waals surface area (Å²) in [6.07, 6.45) is 7.04. The quantitative estimate of drug-likeness (QED) is 0.552. The lowest BCUT2D eigenvalue weighted by Crippen LogP contribution is -2.39. The number of carbonyl (C=O) groups excluding carboxylic acids is 2. The SMILES string of the molecule is CC(C)(C)OC(=O)NCC1COc2c(S(N)(=O)=NC(=O)Nc3cc4c(c5c3CCC5)CCC4)cnn2C1. The lowest BCUT2D eigenvalue weighted by molar-refractivity contribution is 0.0502.